The van der Waals surface area contributed by atoms with Gasteiger partial charge in [-0.2, -0.15) is 0 Å². The summed E-state index contributed by atoms with van der Waals surface area (Å²) in [6, 6.07) is 3.42. The van der Waals surface area contributed by atoms with Crippen LogP contribution >= 0.6 is 0 Å². The lowest BCUT2D eigenvalue weighted by Crippen LogP contribution is -2.05. The van der Waals surface area contributed by atoms with Crippen molar-refractivity contribution in [2.24, 2.45) is 5.29 Å². The molecule has 0 fully saturated rings. The average Bonchev–Trinajstić information content (AvgIpc) is 2.05. The Labute approximate surface area is 58.4 Å². The van der Waals surface area contributed by atoms with Crippen LogP contribution in [-0.4, -0.2) is 12.0 Å². The Morgan fingerprint density at radius 2 is 2.10 bits per heavy atom. The maximum absolute atomic E-state index is 9.96. The molecule has 0 spiro atoms. The second-order valence-electron chi connectivity index (χ2n) is 1.81. The SMILES string of the molecule is CN(N=O)c1ccncc1. The third kappa shape index (κ3) is 1.28. The first kappa shape index (κ1) is 6.67. The van der Waals surface area contributed by atoms with Crippen molar-refractivity contribution in [1.82, 2.24) is 4.98 Å². The van der Waals surface area contributed by atoms with Gasteiger partial charge < -0.3 is 0 Å². The minimum atomic E-state index is 0.741. The second kappa shape index (κ2) is 2.91. The fourth-order valence-electron chi connectivity index (χ4n) is 0.607. The molecule has 1 aromatic rings. The topological polar surface area (TPSA) is 45.6 Å². The largest absolute Gasteiger partial charge is 0.265 e. The van der Waals surface area contributed by atoms with Crippen LogP contribution < -0.4 is 5.01 Å². The van der Waals surface area contributed by atoms with Crippen molar-refractivity contribution < 1.29 is 0 Å². The molecule has 0 amide bonds. The lowest BCUT2D eigenvalue weighted by Gasteiger charge is -2.05. The number of anilines is 1. The Morgan fingerprint density at radius 3 is 2.60 bits per heavy atom. The lowest BCUT2D eigenvalue weighted by molar-refractivity contribution is 1.00. The molecule has 0 unspecified atom stereocenters. The molecule has 4 nitrogen and oxygen atoms in total. The van der Waals surface area contributed by atoms with Gasteiger partial charge in [-0.15, -0.1) is 4.91 Å². The Bertz CT molecular complexity index is 211. The summed E-state index contributed by atoms with van der Waals surface area (Å²) in [6.07, 6.45) is 3.22. The Morgan fingerprint density at radius 1 is 1.50 bits per heavy atom. The second-order valence-corrected chi connectivity index (χ2v) is 1.81. The number of hydrogen-bond acceptors (Lipinski definition) is 3. The maximum atomic E-state index is 9.96. The van der Waals surface area contributed by atoms with Crippen LogP contribution in [0.3, 0.4) is 0 Å². The first-order valence-corrected chi connectivity index (χ1v) is 2.81. The van der Waals surface area contributed by atoms with Crippen LogP contribution in [-0.2, 0) is 0 Å². The molecule has 52 valence electrons. The average molecular weight is 137 g/mol. The van der Waals surface area contributed by atoms with E-state index in [0.717, 1.165) is 5.69 Å². The van der Waals surface area contributed by atoms with E-state index < -0.39 is 0 Å². The minimum absolute atomic E-state index is 0.741. The van der Waals surface area contributed by atoms with Gasteiger partial charge in [0.1, 0.15) is 0 Å². The van der Waals surface area contributed by atoms with Crippen molar-refractivity contribution in [3.63, 3.8) is 0 Å². The lowest BCUT2D eigenvalue weighted by atomic mass is 10.4. The molecule has 10 heavy (non-hydrogen) atoms. The molecule has 0 bridgehead atoms. The number of rotatable bonds is 2. The van der Waals surface area contributed by atoms with Crippen molar-refractivity contribution in [2.45, 2.75) is 0 Å². The number of nitrogens with zero attached hydrogens (tertiary/aromatic N) is 3. The maximum Gasteiger partial charge on any atom is 0.0653 e. The van der Waals surface area contributed by atoms with E-state index in [-0.39, 0.29) is 0 Å². The smallest absolute Gasteiger partial charge is 0.0653 e. The third-order valence-electron chi connectivity index (χ3n) is 1.16. The summed E-state index contributed by atoms with van der Waals surface area (Å²) in [4.78, 5) is 13.8. The molecule has 0 N–H and O–H groups in total. The van der Waals surface area contributed by atoms with Gasteiger partial charge in [-0.3, -0.25) is 4.98 Å². The molecule has 0 radical (unpaired) electrons. The summed E-state index contributed by atoms with van der Waals surface area (Å²) in [5, 5.41) is 3.95. The molecule has 0 aliphatic carbocycles. The third-order valence-corrected chi connectivity index (χ3v) is 1.16. The van der Waals surface area contributed by atoms with Crippen molar-refractivity contribution in [1.29, 1.82) is 0 Å². The summed E-state index contributed by atoms with van der Waals surface area (Å²) in [5.41, 5.74) is 0.741. The highest BCUT2D eigenvalue weighted by atomic mass is 16.3. The molecular formula is C6H7N3O. The van der Waals surface area contributed by atoms with Gasteiger partial charge in [0.05, 0.1) is 11.0 Å². The Kier molecular flexibility index (Phi) is 1.94. The van der Waals surface area contributed by atoms with Crippen LogP contribution in [0.4, 0.5) is 5.69 Å². The van der Waals surface area contributed by atoms with Gasteiger partial charge in [0.25, 0.3) is 0 Å². The highest BCUT2D eigenvalue weighted by molar-refractivity contribution is 5.42. The van der Waals surface area contributed by atoms with E-state index in [9.17, 15) is 4.91 Å². The van der Waals surface area contributed by atoms with Crippen molar-refractivity contribution in [3.8, 4) is 0 Å². The first-order valence-electron chi connectivity index (χ1n) is 2.81. The normalized spacial score (nSPS) is 8.90. The van der Waals surface area contributed by atoms with Gasteiger partial charge in [0.2, 0.25) is 0 Å². The van der Waals surface area contributed by atoms with Crippen molar-refractivity contribution >= 4 is 5.69 Å². The highest BCUT2D eigenvalue weighted by Crippen LogP contribution is 2.08. The molecule has 1 aromatic heterocycles. The highest BCUT2D eigenvalue weighted by Gasteiger charge is 1.95. The molecule has 4 heteroatoms. The van der Waals surface area contributed by atoms with E-state index in [1.165, 1.54) is 5.01 Å². The summed E-state index contributed by atoms with van der Waals surface area (Å²) in [7, 11) is 1.59. The Hall–Kier alpha value is -1.45. The molecule has 0 saturated heterocycles. The summed E-state index contributed by atoms with van der Waals surface area (Å²) < 4.78 is 0. The number of nitroso groups, excluding NO2 is 1. The van der Waals surface area contributed by atoms with Crippen LogP contribution in [0.5, 0.6) is 0 Å². The number of aromatic nitrogens is 1. The van der Waals surface area contributed by atoms with Gasteiger partial charge in [0, 0.05) is 19.4 Å². The van der Waals surface area contributed by atoms with Gasteiger partial charge in [-0.25, -0.2) is 5.01 Å². The van der Waals surface area contributed by atoms with E-state index in [4.69, 9.17) is 0 Å². The summed E-state index contributed by atoms with van der Waals surface area (Å²) in [5.74, 6) is 0. The molecule has 0 aliphatic rings. The van der Waals surface area contributed by atoms with Crippen molar-refractivity contribution in [3.05, 3.63) is 29.4 Å². The van der Waals surface area contributed by atoms with Crippen LogP contribution in [0.1, 0.15) is 0 Å². The van der Waals surface area contributed by atoms with Gasteiger partial charge in [-0.05, 0) is 12.1 Å². The van der Waals surface area contributed by atoms with Crippen LogP contribution in [0.15, 0.2) is 29.8 Å². The van der Waals surface area contributed by atoms with E-state index in [1.54, 1.807) is 31.6 Å². The van der Waals surface area contributed by atoms with E-state index in [2.05, 4.69) is 10.3 Å². The van der Waals surface area contributed by atoms with Gasteiger partial charge >= 0.3 is 0 Å². The zero-order chi connectivity index (χ0) is 7.40. The number of hydrogen-bond donors (Lipinski definition) is 0. The molecule has 1 heterocycles. The van der Waals surface area contributed by atoms with Crippen LogP contribution in [0, 0.1) is 4.91 Å². The summed E-state index contributed by atoms with van der Waals surface area (Å²) >= 11 is 0. The number of pyridine rings is 1. The standard InChI is InChI=1S/C6H7N3O/c1-9(8-10)6-2-4-7-5-3-6/h2-5H,1H3. The first-order chi connectivity index (χ1) is 4.84. The predicted octanol–water partition coefficient (Wildman–Crippen LogP) is 1.20. The van der Waals surface area contributed by atoms with E-state index in [1.807, 2.05) is 0 Å². The quantitative estimate of drug-likeness (QED) is 0.454. The van der Waals surface area contributed by atoms with Gasteiger partial charge in [-0.1, -0.05) is 0 Å². The molecule has 0 aliphatic heterocycles. The fraction of sp³-hybridized carbons (Fsp3) is 0.167. The van der Waals surface area contributed by atoms with Crippen LogP contribution in [0.2, 0.25) is 0 Å². The van der Waals surface area contributed by atoms with E-state index in [0.29, 0.717) is 0 Å². The zero-order valence-corrected chi connectivity index (χ0v) is 5.56. The van der Waals surface area contributed by atoms with Gasteiger partial charge in [0.15, 0.2) is 0 Å². The van der Waals surface area contributed by atoms with E-state index >= 15 is 0 Å². The molecule has 0 atom stereocenters. The molecule has 0 saturated carbocycles. The minimum Gasteiger partial charge on any atom is -0.265 e. The zero-order valence-electron chi connectivity index (χ0n) is 5.56. The predicted molar refractivity (Wildman–Crippen MR) is 38.4 cm³/mol. The Balaban J connectivity index is 2.84. The van der Waals surface area contributed by atoms with Crippen molar-refractivity contribution in [2.75, 3.05) is 12.1 Å². The summed E-state index contributed by atoms with van der Waals surface area (Å²) in [6.45, 7) is 0. The fourth-order valence-corrected chi connectivity index (χ4v) is 0.607. The van der Waals surface area contributed by atoms with Crippen LogP contribution in [0.25, 0.3) is 0 Å². The molecule has 0 aromatic carbocycles. The molecular weight excluding hydrogens is 130 g/mol. The molecule has 1 rings (SSSR count). The monoisotopic (exact) mass is 137 g/mol.